The minimum absolute atomic E-state index is 0.00535. The summed E-state index contributed by atoms with van der Waals surface area (Å²) in [5.74, 6) is 1.63. The Hall–Kier alpha value is -6.18. The Morgan fingerprint density at radius 2 is 1.32 bits per heavy atom. The average Bonchev–Trinajstić information content (AvgIpc) is 4.10. The van der Waals surface area contributed by atoms with Gasteiger partial charge in [0, 0.05) is 45.8 Å². The molecule has 9 heterocycles. The predicted molar refractivity (Wildman–Crippen MR) is 236 cm³/mol. The van der Waals surface area contributed by atoms with Crippen LogP contribution in [0.1, 0.15) is 63.2 Å². The zero-order valence-electron chi connectivity index (χ0n) is 34.3. The summed E-state index contributed by atoms with van der Waals surface area (Å²) in [6.45, 7) is 5.11. The van der Waals surface area contributed by atoms with Crippen molar-refractivity contribution in [2.45, 2.75) is 64.6 Å². The van der Waals surface area contributed by atoms with Crippen molar-refractivity contribution in [1.82, 2.24) is 34.8 Å². The van der Waals surface area contributed by atoms with Gasteiger partial charge in [0.2, 0.25) is 17.7 Å². The molecule has 1 saturated heterocycles. The molecule has 6 aromatic rings. The number of ether oxygens (including phenoxy) is 3. The Balaban J connectivity index is 0.000000151. The predicted octanol–water partition coefficient (Wildman–Crippen LogP) is 6.08. The molecule has 0 spiro atoms. The van der Waals surface area contributed by atoms with Crippen LogP contribution >= 0.6 is 22.7 Å². The SMILES string of the molecule is COc1nc2c(cc1Nc1ncnc3sc4c(c13)CC[C@H](C(=O)N1CCOC[C@@H]1C)C4)C=NC2.COc1nc2c(cc1Nc1ncnc3sc4c(c13)CC[C@H](C(=O)O)C4)C=NC2. The second-order valence-electron chi connectivity index (χ2n) is 15.8. The Labute approximate surface area is 363 Å². The number of anilines is 4. The van der Waals surface area contributed by atoms with Crippen LogP contribution in [0.15, 0.2) is 34.8 Å². The zero-order valence-corrected chi connectivity index (χ0v) is 35.9. The number of carbonyl (C=O) groups excluding carboxylic acids is 1. The van der Waals surface area contributed by atoms with Gasteiger partial charge in [0.05, 0.1) is 74.6 Å². The van der Waals surface area contributed by atoms with Crippen molar-refractivity contribution in [3.05, 3.63) is 68.2 Å². The Morgan fingerprint density at radius 3 is 1.84 bits per heavy atom. The van der Waals surface area contributed by atoms with Crippen molar-refractivity contribution in [3.8, 4) is 11.8 Å². The summed E-state index contributed by atoms with van der Waals surface area (Å²) < 4.78 is 16.5. The summed E-state index contributed by atoms with van der Waals surface area (Å²) in [4.78, 5) is 66.4. The van der Waals surface area contributed by atoms with Gasteiger partial charge in [0.25, 0.3) is 0 Å². The molecule has 19 heteroatoms. The van der Waals surface area contributed by atoms with Crippen molar-refractivity contribution >= 4 is 90.4 Å². The first-order valence-electron chi connectivity index (χ1n) is 20.6. The number of aryl methyl sites for hydroxylation is 2. The van der Waals surface area contributed by atoms with E-state index >= 15 is 0 Å². The number of aromatic nitrogens is 6. The number of aliphatic carboxylic acids is 1. The molecule has 3 N–H and O–H groups in total. The number of methoxy groups -OCH3 is 2. The summed E-state index contributed by atoms with van der Waals surface area (Å²) in [6.07, 6.45) is 11.0. The molecule has 1 fully saturated rings. The van der Waals surface area contributed by atoms with Crippen LogP contribution in [-0.2, 0) is 53.1 Å². The van der Waals surface area contributed by atoms with E-state index in [-0.39, 0.29) is 23.8 Å². The molecule has 3 aliphatic heterocycles. The summed E-state index contributed by atoms with van der Waals surface area (Å²) in [5.41, 5.74) is 7.61. The summed E-state index contributed by atoms with van der Waals surface area (Å²) in [6, 6.07) is 4.10. The van der Waals surface area contributed by atoms with E-state index in [1.54, 1.807) is 49.4 Å². The average molecular weight is 874 g/mol. The third-order valence-corrected chi connectivity index (χ3v) is 14.4. The number of amides is 1. The number of carboxylic acids is 1. The number of carboxylic acid groups (broad SMARTS) is 1. The van der Waals surface area contributed by atoms with Gasteiger partial charge in [-0.25, -0.2) is 29.9 Å². The Bertz CT molecular complexity index is 2820. The van der Waals surface area contributed by atoms with E-state index in [9.17, 15) is 14.7 Å². The number of aliphatic imine (C=N–C) groups is 2. The molecule has 2 aliphatic carbocycles. The van der Waals surface area contributed by atoms with Crippen LogP contribution in [0.5, 0.6) is 11.8 Å². The van der Waals surface area contributed by atoms with E-state index < -0.39 is 5.97 Å². The molecule has 318 valence electrons. The molecule has 17 nitrogen and oxygen atoms in total. The van der Waals surface area contributed by atoms with E-state index in [0.717, 1.165) is 84.2 Å². The van der Waals surface area contributed by atoms with Crippen LogP contribution in [0, 0.1) is 11.8 Å². The second-order valence-corrected chi connectivity index (χ2v) is 18.0. The fourth-order valence-electron chi connectivity index (χ4n) is 8.90. The van der Waals surface area contributed by atoms with Crippen molar-refractivity contribution in [1.29, 1.82) is 0 Å². The highest BCUT2D eigenvalue weighted by atomic mass is 32.1. The number of morpholine rings is 1. The van der Waals surface area contributed by atoms with Crippen molar-refractivity contribution < 1.29 is 28.9 Å². The lowest BCUT2D eigenvalue weighted by molar-refractivity contribution is -0.144. The van der Waals surface area contributed by atoms with E-state index in [0.29, 0.717) is 75.4 Å². The fourth-order valence-corrected chi connectivity index (χ4v) is 11.4. The minimum Gasteiger partial charge on any atom is -0.481 e. The molecule has 0 aromatic carbocycles. The first-order valence-corrected chi connectivity index (χ1v) is 22.2. The highest BCUT2D eigenvalue weighted by molar-refractivity contribution is 7.19. The maximum atomic E-state index is 13.3. The number of fused-ring (bicyclic) bond motifs is 8. The number of nitrogens with one attached hydrogen (secondary N) is 2. The largest absolute Gasteiger partial charge is 0.481 e. The fraction of sp³-hybridized carbons (Fsp3) is 0.395. The zero-order chi connectivity index (χ0) is 42.5. The van der Waals surface area contributed by atoms with Gasteiger partial charge in [-0.05, 0) is 68.7 Å². The second kappa shape index (κ2) is 16.6. The summed E-state index contributed by atoms with van der Waals surface area (Å²) >= 11 is 3.22. The van der Waals surface area contributed by atoms with Crippen LogP contribution in [0.3, 0.4) is 0 Å². The normalized spacial score (nSPS) is 19.6. The lowest BCUT2D eigenvalue weighted by Crippen LogP contribution is -2.50. The third-order valence-electron chi connectivity index (χ3n) is 12.1. The van der Waals surface area contributed by atoms with Gasteiger partial charge in [-0.2, -0.15) is 0 Å². The van der Waals surface area contributed by atoms with Crippen LogP contribution in [0.2, 0.25) is 0 Å². The number of hydrogen-bond donors (Lipinski definition) is 3. The molecule has 62 heavy (non-hydrogen) atoms. The molecule has 1 amide bonds. The molecule has 0 unspecified atom stereocenters. The molecular weight excluding hydrogens is 831 g/mol. The van der Waals surface area contributed by atoms with Crippen molar-refractivity contribution in [2.24, 2.45) is 21.8 Å². The van der Waals surface area contributed by atoms with E-state index in [1.807, 2.05) is 23.2 Å². The maximum Gasteiger partial charge on any atom is 0.306 e. The number of rotatable bonds is 8. The number of thiophene rings is 2. The van der Waals surface area contributed by atoms with E-state index in [1.165, 1.54) is 16.8 Å². The highest BCUT2D eigenvalue weighted by Crippen LogP contribution is 2.43. The molecule has 0 saturated carbocycles. The van der Waals surface area contributed by atoms with E-state index in [2.05, 4.69) is 57.4 Å². The minimum atomic E-state index is -0.733. The van der Waals surface area contributed by atoms with Crippen LogP contribution in [-0.4, -0.2) is 104 Å². The first-order chi connectivity index (χ1) is 30.3. The van der Waals surface area contributed by atoms with Crippen LogP contribution < -0.4 is 20.1 Å². The Morgan fingerprint density at radius 1 is 0.790 bits per heavy atom. The third kappa shape index (κ3) is 7.36. The van der Waals surface area contributed by atoms with Crippen LogP contribution in [0.4, 0.5) is 23.0 Å². The lowest BCUT2D eigenvalue weighted by atomic mass is 9.86. The summed E-state index contributed by atoms with van der Waals surface area (Å²) in [5, 5.41) is 18.1. The summed E-state index contributed by atoms with van der Waals surface area (Å²) in [7, 11) is 3.20. The standard InChI is InChI=1S/C24H26N6O3S.C19H17N5O3S/c1-13-11-33-6-5-30(13)24(31)14-3-4-16-19(8-14)34-23-20(16)21(26-12-27-23)28-17-7-15-9-25-10-18(15)29-22(17)32-2;1-27-17-12(4-10-6-20-7-13(10)24-17)23-16-15-11-3-2-9(19(25)26)5-14(11)28-18(15)22-8-21-16/h7,9,12-14H,3-6,8,10-11H2,1-2H3,(H,26,27,28);4,6,8-9H,2-3,5,7H2,1H3,(H,25,26)(H,21,22,23)/t13-,14-;9-/m00/s1. The number of pyridine rings is 2. The Kier molecular flexibility index (Phi) is 10.7. The smallest absolute Gasteiger partial charge is 0.306 e. The number of hydrogen-bond acceptors (Lipinski definition) is 17. The maximum absolute atomic E-state index is 13.3. The molecule has 0 radical (unpaired) electrons. The first kappa shape index (κ1) is 39.9. The number of carbonyl (C=O) groups is 2. The molecule has 5 aliphatic rings. The van der Waals surface area contributed by atoms with Gasteiger partial charge in [-0.15, -0.1) is 22.7 Å². The van der Waals surface area contributed by atoms with Gasteiger partial charge in [0.15, 0.2) is 0 Å². The van der Waals surface area contributed by atoms with Gasteiger partial charge >= 0.3 is 5.97 Å². The van der Waals surface area contributed by atoms with Gasteiger partial charge in [-0.1, -0.05) is 0 Å². The van der Waals surface area contributed by atoms with E-state index in [4.69, 9.17) is 14.2 Å². The quantitative estimate of drug-likeness (QED) is 0.158. The molecule has 3 atom stereocenters. The van der Waals surface area contributed by atoms with Gasteiger partial charge in [0.1, 0.15) is 45.3 Å². The monoisotopic (exact) mass is 873 g/mol. The van der Waals surface area contributed by atoms with Gasteiger partial charge < -0.3 is 34.9 Å². The molecular formula is C43H43N11O6S2. The van der Waals surface area contributed by atoms with Crippen molar-refractivity contribution in [3.63, 3.8) is 0 Å². The lowest BCUT2D eigenvalue weighted by Gasteiger charge is -2.36. The molecule has 6 aromatic heterocycles. The molecule has 0 bridgehead atoms. The van der Waals surface area contributed by atoms with Crippen molar-refractivity contribution in [2.75, 3.05) is 44.6 Å². The molecule has 11 rings (SSSR count). The topological polar surface area (TPSA) is 211 Å². The van der Waals surface area contributed by atoms with Crippen LogP contribution in [0.25, 0.3) is 20.4 Å². The number of nitrogens with zero attached hydrogens (tertiary/aromatic N) is 9. The van der Waals surface area contributed by atoms with Gasteiger partial charge in [-0.3, -0.25) is 19.6 Å². The highest BCUT2D eigenvalue weighted by Gasteiger charge is 2.35.